The highest BCUT2D eigenvalue weighted by Gasteiger charge is 2.61. The van der Waals surface area contributed by atoms with Crippen LogP contribution in [0.4, 0.5) is 0 Å². The van der Waals surface area contributed by atoms with Crippen molar-refractivity contribution in [3.63, 3.8) is 0 Å². The zero-order valence-electron chi connectivity index (χ0n) is 25.7. The fourth-order valence-electron chi connectivity index (χ4n) is 8.21. The van der Waals surface area contributed by atoms with Gasteiger partial charge in [0, 0.05) is 17.5 Å². The molecule has 2 N–H and O–H groups in total. The van der Waals surface area contributed by atoms with E-state index in [9.17, 15) is 15.0 Å². The van der Waals surface area contributed by atoms with Crippen molar-refractivity contribution in [1.29, 1.82) is 0 Å². The predicted molar refractivity (Wildman–Crippen MR) is 155 cm³/mol. The third kappa shape index (κ3) is 5.83. The average Bonchev–Trinajstić information content (AvgIpc) is 2.87. The van der Waals surface area contributed by atoms with Crippen LogP contribution < -0.4 is 4.74 Å². The van der Waals surface area contributed by atoms with Gasteiger partial charge >= 0.3 is 5.97 Å². The van der Waals surface area contributed by atoms with E-state index >= 15 is 0 Å². The Labute approximate surface area is 241 Å². The van der Waals surface area contributed by atoms with E-state index < -0.39 is 11.0 Å². The maximum Gasteiger partial charge on any atom is 0.312 e. The number of hydrogen-bond donors (Lipinski definition) is 2. The first-order valence-corrected chi connectivity index (χ1v) is 15.8. The Kier molecular flexibility index (Phi) is 8.13. The van der Waals surface area contributed by atoms with Gasteiger partial charge < -0.3 is 24.4 Å². The topological polar surface area (TPSA) is 85.2 Å². The second kappa shape index (κ2) is 10.9. The highest BCUT2D eigenvalue weighted by Crippen LogP contribution is 2.61. The predicted octanol–water partition coefficient (Wildman–Crippen LogP) is 6.75. The van der Waals surface area contributed by atoms with Crippen molar-refractivity contribution < 1.29 is 29.2 Å². The molecule has 4 unspecified atom stereocenters. The molecule has 0 radical (unpaired) electrons. The minimum Gasteiger partial charge on any atom is -0.487 e. The van der Waals surface area contributed by atoms with E-state index in [1.165, 1.54) is 6.42 Å². The van der Waals surface area contributed by atoms with Gasteiger partial charge in [0.1, 0.15) is 17.5 Å². The van der Waals surface area contributed by atoms with E-state index in [1.54, 1.807) is 0 Å². The van der Waals surface area contributed by atoms with Gasteiger partial charge in [-0.3, -0.25) is 4.79 Å². The molecule has 0 saturated heterocycles. The zero-order valence-corrected chi connectivity index (χ0v) is 25.7. The fraction of sp³-hybridized carbons (Fsp3) is 0.794. The number of carbonyl (C=O) groups excluding carboxylic acids is 1. The lowest BCUT2D eigenvalue weighted by Gasteiger charge is -2.61. The molecule has 5 aliphatic carbocycles. The van der Waals surface area contributed by atoms with Crippen LogP contribution in [0.1, 0.15) is 129 Å². The minimum absolute atomic E-state index is 0.0646. The molecule has 5 saturated carbocycles. The molecule has 5 aliphatic rings. The monoisotopic (exact) mass is 556 g/mol. The van der Waals surface area contributed by atoms with E-state index in [1.807, 2.05) is 26.0 Å². The molecule has 5 fully saturated rings. The summed E-state index contributed by atoms with van der Waals surface area (Å²) >= 11 is 0. The Balaban J connectivity index is 1.38. The number of ether oxygens (including phenoxy) is 3. The van der Waals surface area contributed by atoms with E-state index in [4.69, 9.17) is 14.2 Å². The lowest BCUT2D eigenvalue weighted by atomic mass is 9.52. The largest absolute Gasteiger partial charge is 0.487 e. The van der Waals surface area contributed by atoms with Gasteiger partial charge in [0.2, 0.25) is 0 Å². The first kappa shape index (κ1) is 29.8. The molecule has 1 aromatic rings. The number of carbonyl (C=O) groups is 1. The number of benzene rings is 1. The Bertz CT molecular complexity index is 1050. The van der Waals surface area contributed by atoms with Gasteiger partial charge in [-0.2, -0.15) is 0 Å². The SMILES string of the molecule is CCC(C)(C)C(=O)OC12CC3CC(C1)CC(OC1CCCCC1Oc1c(CO)cc(C(C)(C)C)cc1CO)(C3)C2. The number of hydrogen-bond acceptors (Lipinski definition) is 6. The molecule has 1 aromatic carbocycles. The van der Waals surface area contributed by atoms with Gasteiger partial charge in [-0.05, 0) is 107 Å². The van der Waals surface area contributed by atoms with Crippen LogP contribution in [0.25, 0.3) is 0 Å². The maximum atomic E-state index is 13.2. The van der Waals surface area contributed by atoms with Crippen LogP contribution >= 0.6 is 0 Å². The molecule has 4 bridgehead atoms. The summed E-state index contributed by atoms with van der Waals surface area (Å²) in [5, 5.41) is 20.6. The fourth-order valence-corrected chi connectivity index (χ4v) is 8.21. The van der Waals surface area contributed by atoms with Crippen LogP contribution in [0, 0.1) is 17.3 Å². The average molecular weight is 557 g/mol. The molecule has 0 aromatic heterocycles. The highest BCUT2D eigenvalue weighted by atomic mass is 16.6. The number of aliphatic hydroxyl groups is 2. The number of aliphatic hydroxyl groups excluding tert-OH is 2. The third-order valence-electron chi connectivity index (χ3n) is 10.5. The van der Waals surface area contributed by atoms with Crippen molar-refractivity contribution in [2.24, 2.45) is 17.3 Å². The highest BCUT2D eigenvalue weighted by molar-refractivity contribution is 5.76. The molecular formula is C34H52O6. The Morgan fingerprint density at radius 3 is 1.98 bits per heavy atom. The maximum absolute atomic E-state index is 13.2. The summed E-state index contributed by atoms with van der Waals surface area (Å²) in [5.74, 6) is 1.61. The summed E-state index contributed by atoms with van der Waals surface area (Å²) in [7, 11) is 0. The minimum atomic E-state index is -0.475. The van der Waals surface area contributed by atoms with Gasteiger partial charge in [-0.15, -0.1) is 0 Å². The Hall–Kier alpha value is -1.63. The van der Waals surface area contributed by atoms with Crippen LogP contribution in [0.5, 0.6) is 5.75 Å². The second-order valence-electron chi connectivity index (χ2n) is 15.2. The van der Waals surface area contributed by atoms with Crippen LogP contribution in [0.3, 0.4) is 0 Å². The molecule has 6 rings (SSSR count). The molecule has 0 heterocycles. The van der Waals surface area contributed by atoms with Gasteiger partial charge in [-0.25, -0.2) is 0 Å². The quantitative estimate of drug-likeness (QED) is 0.328. The van der Waals surface area contributed by atoms with Crippen molar-refractivity contribution in [3.8, 4) is 5.75 Å². The van der Waals surface area contributed by atoms with Gasteiger partial charge in [-0.1, -0.05) is 34.1 Å². The van der Waals surface area contributed by atoms with Crippen molar-refractivity contribution >= 4 is 5.97 Å². The van der Waals surface area contributed by atoms with Crippen LogP contribution in [-0.2, 0) is 32.9 Å². The van der Waals surface area contributed by atoms with E-state index in [0.717, 1.165) is 80.9 Å². The second-order valence-corrected chi connectivity index (χ2v) is 15.2. The third-order valence-corrected chi connectivity index (χ3v) is 10.5. The van der Waals surface area contributed by atoms with Crippen LogP contribution in [0.2, 0.25) is 0 Å². The summed E-state index contributed by atoms with van der Waals surface area (Å²) in [6.45, 7) is 12.1. The number of rotatable bonds is 9. The summed E-state index contributed by atoms with van der Waals surface area (Å²) in [4.78, 5) is 13.2. The molecule has 40 heavy (non-hydrogen) atoms. The van der Waals surface area contributed by atoms with Crippen molar-refractivity contribution in [1.82, 2.24) is 0 Å². The lowest BCUT2D eigenvalue weighted by molar-refractivity contribution is -0.258. The Morgan fingerprint density at radius 2 is 1.45 bits per heavy atom. The molecule has 6 heteroatoms. The summed E-state index contributed by atoms with van der Waals surface area (Å²) in [5.41, 5.74) is 1.25. The van der Waals surface area contributed by atoms with Crippen LogP contribution in [0.15, 0.2) is 12.1 Å². The van der Waals surface area contributed by atoms with E-state index in [2.05, 4.69) is 27.7 Å². The number of esters is 1. The normalized spacial score (nSPS) is 33.7. The smallest absolute Gasteiger partial charge is 0.312 e. The summed E-state index contributed by atoms with van der Waals surface area (Å²) in [6.07, 6.45) is 10.5. The standard InChI is InChI=1S/C34H52O6/c1-7-32(5,6)30(37)40-34-17-22-12-23(18-34)16-33(15-22,21-34)39-28-11-9-8-10-27(28)38-29-24(19-35)13-26(31(2,3)4)14-25(29)20-36/h13-14,22-23,27-28,35-36H,7-12,15-21H2,1-6H3. The van der Waals surface area contributed by atoms with Gasteiger partial charge in [0.15, 0.2) is 0 Å². The summed E-state index contributed by atoms with van der Waals surface area (Å²) in [6, 6.07) is 4.03. The first-order chi connectivity index (χ1) is 18.8. The van der Waals surface area contributed by atoms with Gasteiger partial charge in [0.05, 0.1) is 30.3 Å². The van der Waals surface area contributed by atoms with Crippen molar-refractivity contribution in [3.05, 3.63) is 28.8 Å². The molecule has 6 nitrogen and oxygen atoms in total. The lowest BCUT2D eigenvalue weighted by Crippen LogP contribution is -2.63. The molecule has 4 atom stereocenters. The first-order valence-electron chi connectivity index (χ1n) is 15.8. The molecule has 0 aliphatic heterocycles. The van der Waals surface area contributed by atoms with Crippen molar-refractivity contribution in [2.45, 2.75) is 154 Å². The van der Waals surface area contributed by atoms with E-state index in [0.29, 0.717) is 17.6 Å². The molecule has 0 amide bonds. The van der Waals surface area contributed by atoms with E-state index in [-0.39, 0.29) is 42.4 Å². The molecule has 0 spiro atoms. The Morgan fingerprint density at radius 1 is 0.900 bits per heavy atom. The van der Waals surface area contributed by atoms with Crippen molar-refractivity contribution in [2.75, 3.05) is 0 Å². The van der Waals surface area contributed by atoms with Crippen LogP contribution in [-0.4, -0.2) is 39.6 Å². The zero-order chi connectivity index (χ0) is 28.9. The molecule has 224 valence electrons. The summed E-state index contributed by atoms with van der Waals surface area (Å²) < 4.78 is 20.3. The van der Waals surface area contributed by atoms with Gasteiger partial charge in [0.25, 0.3) is 0 Å². The molecular weight excluding hydrogens is 504 g/mol.